The number of aldehydes is 1. The van der Waals surface area contributed by atoms with Gasteiger partial charge in [-0.1, -0.05) is 87.8 Å². The number of hydrogen-bond acceptors (Lipinski definition) is 6. The number of allylic oxidation sites excluding steroid dienone is 2. The van der Waals surface area contributed by atoms with Crippen LogP contribution in [-0.2, 0) is 20.7 Å². The molecule has 0 saturated carbocycles. The van der Waals surface area contributed by atoms with Crippen molar-refractivity contribution in [1.82, 2.24) is 0 Å². The van der Waals surface area contributed by atoms with Gasteiger partial charge in [0.25, 0.3) is 0 Å². The van der Waals surface area contributed by atoms with Gasteiger partial charge >= 0.3 is 5.97 Å². The van der Waals surface area contributed by atoms with E-state index in [2.05, 4.69) is 36.4 Å². The summed E-state index contributed by atoms with van der Waals surface area (Å²) in [7, 11) is 0. The Hall–Kier alpha value is -2.02. The van der Waals surface area contributed by atoms with E-state index in [0.717, 1.165) is 38.0 Å². The lowest BCUT2D eigenvalue weighted by Gasteiger charge is -2.25. The van der Waals surface area contributed by atoms with E-state index in [0.29, 0.717) is 6.42 Å². The lowest BCUT2D eigenvalue weighted by molar-refractivity contribution is -0.163. The lowest BCUT2D eigenvalue weighted by atomic mass is 9.80. The zero-order chi connectivity index (χ0) is 28.1. The highest BCUT2D eigenvalue weighted by molar-refractivity contribution is 5.72. The number of ether oxygens (including phenoxy) is 1. The molecule has 4 atom stereocenters. The highest BCUT2D eigenvalue weighted by Gasteiger charge is 2.28. The van der Waals surface area contributed by atoms with E-state index >= 15 is 0 Å². The molecule has 0 radical (unpaired) electrons. The predicted molar refractivity (Wildman–Crippen MR) is 156 cm³/mol. The maximum Gasteiger partial charge on any atom is 0.306 e. The van der Waals surface area contributed by atoms with E-state index in [4.69, 9.17) is 9.84 Å². The van der Waals surface area contributed by atoms with Gasteiger partial charge in [-0.25, -0.2) is 0 Å². The monoisotopic (exact) mass is 544 g/mol. The Morgan fingerprint density at radius 3 is 2.18 bits per heavy atom. The predicted octanol–water partition coefficient (Wildman–Crippen LogP) is 6.34. The second kappa shape index (κ2) is 20.8. The van der Waals surface area contributed by atoms with Gasteiger partial charge in [-0.3, -0.25) is 9.59 Å². The maximum atomic E-state index is 11.8. The number of carbonyl (C=O) groups excluding carboxylic acids is 2. The zero-order valence-corrected chi connectivity index (χ0v) is 23.9. The Bertz CT molecular complexity index is 822. The quantitative estimate of drug-likeness (QED) is 0.0681. The molecule has 0 amide bonds. The van der Waals surface area contributed by atoms with Crippen molar-refractivity contribution in [2.75, 3.05) is 6.61 Å². The molecule has 0 spiro atoms. The molecule has 0 saturated heterocycles. The average molecular weight is 545 g/mol. The number of esters is 1. The van der Waals surface area contributed by atoms with Crippen LogP contribution in [0.4, 0.5) is 0 Å². The summed E-state index contributed by atoms with van der Waals surface area (Å²) in [4.78, 5) is 22.8. The van der Waals surface area contributed by atoms with Crippen LogP contribution < -0.4 is 0 Å². The molecule has 0 fully saturated rings. The van der Waals surface area contributed by atoms with Crippen LogP contribution in [0.1, 0.15) is 126 Å². The van der Waals surface area contributed by atoms with Crippen molar-refractivity contribution < 1.29 is 29.6 Å². The van der Waals surface area contributed by atoms with Gasteiger partial charge in [-0.15, -0.1) is 0 Å². The first kappa shape index (κ1) is 33.2. The molecule has 1 aliphatic rings. The van der Waals surface area contributed by atoms with Gasteiger partial charge in [-0.2, -0.15) is 0 Å². The fourth-order valence-electron chi connectivity index (χ4n) is 5.53. The number of benzene rings is 1. The molecule has 39 heavy (non-hydrogen) atoms. The van der Waals surface area contributed by atoms with Gasteiger partial charge in [0.2, 0.25) is 0 Å². The minimum absolute atomic E-state index is 0.168. The largest absolute Gasteiger partial charge is 0.452 e. The summed E-state index contributed by atoms with van der Waals surface area (Å²) in [5, 5.41) is 27.9. The summed E-state index contributed by atoms with van der Waals surface area (Å²) in [5.41, 5.74) is 3.21. The first-order valence-corrected chi connectivity index (χ1v) is 15.4. The van der Waals surface area contributed by atoms with Gasteiger partial charge in [0.05, 0.1) is 6.61 Å². The van der Waals surface area contributed by atoms with Crippen molar-refractivity contribution in [1.29, 1.82) is 0 Å². The van der Waals surface area contributed by atoms with E-state index in [1.165, 1.54) is 70.6 Å². The third kappa shape index (κ3) is 13.7. The molecule has 1 aromatic carbocycles. The smallest absolute Gasteiger partial charge is 0.306 e. The number of carbonyl (C=O) groups is 2. The highest BCUT2D eigenvalue weighted by Crippen LogP contribution is 2.35. The fourth-order valence-corrected chi connectivity index (χ4v) is 5.53. The van der Waals surface area contributed by atoms with Crippen LogP contribution in [-0.4, -0.2) is 52.5 Å². The molecule has 0 bridgehead atoms. The minimum atomic E-state index is -1.62. The first-order valence-electron chi connectivity index (χ1n) is 15.4. The zero-order valence-electron chi connectivity index (χ0n) is 23.9. The van der Waals surface area contributed by atoms with E-state index < -0.39 is 30.9 Å². The molecule has 6 heteroatoms. The number of aliphatic hydroxyl groups is 3. The third-order valence-electron chi connectivity index (χ3n) is 7.90. The van der Waals surface area contributed by atoms with Crippen molar-refractivity contribution in [3.05, 3.63) is 47.5 Å². The molecular weight excluding hydrogens is 492 g/mol. The molecule has 2 rings (SSSR count). The second-order valence-corrected chi connectivity index (χ2v) is 11.1. The topological polar surface area (TPSA) is 104 Å². The van der Waals surface area contributed by atoms with E-state index in [-0.39, 0.29) is 12.7 Å². The number of unbranched alkanes of at least 4 members (excludes halogenated alkanes) is 11. The SMILES string of the molecule is O=C[C@H](OC(=O)CCCCCCCC=CCCCCCCCCC1CCCc2ccccc21)[C@@H](O)[C@H](O)CO. The Kier molecular flexibility index (Phi) is 17.7. The summed E-state index contributed by atoms with van der Waals surface area (Å²) in [6.45, 7) is -0.713. The van der Waals surface area contributed by atoms with Crippen LogP contribution in [0.2, 0.25) is 0 Å². The molecular formula is C33H52O6. The second-order valence-electron chi connectivity index (χ2n) is 11.1. The Morgan fingerprint density at radius 2 is 1.51 bits per heavy atom. The number of aryl methyl sites for hydroxylation is 1. The summed E-state index contributed by atoms with van der Waals surface area (Å²) < 4.78 is 4.90. The molecule has 1 aliphatic carbocycles. The van der Waals surface area contributed by atoms with Crippen LogP contribution >= 0.6 is 0 Å². The molecule has 1 aromatic rings. The first-order chi connectivity index (χ1) is 19.1. The van der Waals surface area contributed by atoms with Crippen LogP contribution in [0.15, 0.2) is 36.4 Å². The normalized spacial score (nSPS) is 17.5. The minimum Gasteiger partial charge on any atom is -0.452 e. The van der Waals surface area contributed by atoms with Gasteiger partial charge in [0, 0.05) is 6.42 Å². The molecule has 0 aromatic heterocycles. The highest BCUT2D eigenvalue weighted by atomic mass is 16.6. The van der Waals surface area contributed by atoms with Crippen molar-refractivity contribution >= 4 is 12.3 Å². The molecule has 1 unspecified atom stereocenters. The fraction of sp³-hybridized carbons (Fsp3) is 0.697. The summed E-state index contributed by atoms with van der Waals surface area (Å²) in [6, 6.07) is 9.06. The van der Waals surface area contributed by atoms with Gasteiger partial charge < -0.3 is 20.1 Å². The van der Waals surface area contributed by atoms with Crippen molar-refractivity contribution in [3.63, 3.8) is 0 Å². The number of aliphatic hydroxyl groups excluding tert-OH is 3. The Labute approximate surface area is 235 Å². The maximum absolute atomic E-state index is 11.8. The van der Waals surface area contributed by atoms with Crippen LogP contribution in [0, 0.1) is 0 Å². The number of hydrogen-bond donors (Lipinski definition) is 3. The van der Waals surface area contributed by atoms with Gasteiger partial charge in [0.15, 0.2) is 12.4 Å². The average Bonchev–Trinajstić information content (AvgIpc) is 2.96. The van der Waals surface area contributed by atoms with Crippen LogP contribution in [0.5, 0.6) is 0 Å². The Balaban J connectivity index is 1.35. The van der Waals surface area contributed by atoms with E-state index in [1.807, 2.05) is 0 Å². The Morgan fingerprint density at radius 1 is 0.897 bits per heavy atom. The summed E-state index contributed by atoms with van der Waals surface area (Å²) in [5.74, 6) is 0.215. The van der Waals surface area contributed by atoms with Crippen molar-refractivity contribution in [2.24, 2.45) is 0 Å². The van der Waals surface area contributed by atoms with Crippen molar-refractivity contribution in [2.45, 2.75) is 140 Å². The molecule has 220 valence electrons. The van der Waals surface area contributed by atoms with Crippen LogP contribution in [0.3, 0.4) is 0 Å². The molecule has 0 heterocycles. The van der Waals surface area contributed by atoms with Gasteiger partial charge in [-0.05, 0) is 74.8 Å². The summed E-state index contributed by atoms with van der Waals surface area (Å²) in [6.07, 6.45) is 21.0. The molecule has 6 nitrogen and oxygen atoms in total. The van der Waals surface area contributed by atoms with Crippen LogP contribution in [0.25, 0.3) is 0 Å². The van der Waals surface area contributed by atoms with E-state index in [1.54, 1.807) is 11.1 Å². The lowest BCUT2D eigenvalue weighted by Crippen LogP contribution is -2.42. The third-order valence-corrected chi connectivity index (χ3v) is 7.90. The number of fused-ring (bicyclic) bond motifs is 1. The summed E-state index contributed by atoms with van der Waals surface area (Å²) >= 11 is 0. The molecule has 3 N–H and O–H groups in total. The standard InChI is InChI=1S/C33H52O6/c34-25-30(36)33(38)31(26-35)39-32(37)24-15-13-11-9-7-5-3-1-2-4-6-8-10-12-14-19-27-21-18-22-28-20-16-17-23-29(27)28/h1,3,16-17,20,23,26-27,30-31,33-34,36,38H,2,4-15,18-19,21-22,24-25H2/t27?,30-,31+,33+/m1/s1. The number of rotatable bonds is 22. The van der Waals surface area contributed by atoms with Crippen molar-refractivity contribution in [3.8, 4) is 0 Å². The molecule has 0 aliphatic heterocycles. The van der Waals surface area contributed by atoms with Gasteiger partial charge in [0.1, 0.15) is 12.2 Å². The van der Waals surface area contributed by atoms with E-state index in [9.17, 15) is 19.8 Å².